The number of nitrogens with zero attached hydrogens (tertiary/aromatic N) is 9. The number of hydrogen-bond donors (Lipinski definition) is 3. The molecular formula is C39H46ClN12O5S+. The number of rotatable bonds is 8. The lowest BCUT2D eigenvalue weighted by Crippen LogP contribution is -2.38. The first-order valence-corrected chi connectivity index (χ1v) is 20.2. The van der Waals surface area contributed by atoms with Crippen LogP contribution in [0.3, 0.4) is 0 Å². The molecule has 2 saturated carbocycles. The molecule has 9 rings (SSSR count). The highest BCUT2D eigenvalue weighted by Crippen LogP contribution is 2.24. The molecule has 0 atom stereocenters. The summed E-state index contributed by atoms with van der Waals surface area (Å²) in [5.74, 6) is -0.205. The van der Waals surface area contributed by atoms with E-state index in [9.17, 15) is 22.8 Å². The molecule has 2 aliphatic carbocycles. The molecule has 2 amide bonds. The second-order valence-electron chi connectivity index (χ2n) is 14.0. The molecule has 7 heterocycles. The molecule has 5 aromatic heterocycles. The molecule has 3 N–H and O–H groups in total. The molecule has 4 aliphatic rings. The fourth-order valence-corrected chi connectivity index (χ4v) is 7.22. The monoisotopic (exact) mass is 829 g/mol. The van der Waals surface area contributed by atoms with Gasteiger partial charge in [-0.3, -0.25) is 9.59 Å². The Labute approximate surface area is 342 Å². The lowest BCUT2D eigenvalue weighted by atomic mass is 10.1. The minimum atomic E-state index is -3.59. The van der Waals surface area contributed by atoms with Crippen LogP contribution < -0.4 is 20.5 Å². The molecule has 5 aromatic rings. The van der Waals surface area contributed by atoms with E-state index in [2.05, 4.69) is 42.0 Å². The van der Waals surface area contributed by atoms with Crippen molar-refractivity contribution in [1.82, 2.24) is 53.3 Å². The summed E-state index contributed by atoms with van der Waals surface area (Å²) >= 11 is 0. The summed E-state index contributed by atoms with van der Waals surface area (Å²) in [7, 11) is -1.74. The van der Waals surface area contributed by atoms with Crippen molar-refractivity contribution in [3.05, 3.63) is 127 Å². The normalized spacial score (nSPS) is 16.5. The van der Waals surface area contributed by atoms with Crippen LogP contribution in [-0.2, 0) is 17.3 Å². The van der Waals surface area contributed by atoms with Crippen molar-refractivity contribution in [2.24, 2.45) is 7.05 Å². The largest absolute Gasteiger partial charge is 0.425 e. The summed E-state index contributed by atoms with van der Waals surface area (Å²) in [5, 5.41) is 9.17. The Morgan fingerprint density at radius 3 is 1.90 bits per heavy atom. The van der Waals surface area contributed by atoms with Gasteiger partial charge in [0, 0.05) is 56.5 Å². The maximum Gasteiger partial charge on any atom is 0.425 e. The molecule has 0 spiro atoms. The number of carbonyl (C=O) groups is 3. The molecule has 0 radical (unpaired) electrons. The zero-order valence-electron chi connectivity index (χ0n) is 31.9. The highest BCUT2D eigenvalue weighted by Gasteiger charge is 2.28. The van der Waals surface area contributed by atoms with E-state index in [0.717, 1.165) is 60.4 Å². The van der Waals surface area contributed by atoms with Gasteiger partial charge < -0.3 is 16.0 Å². The van der Waals surface area contributed by atoms with Crippen molar-refractivity contribution in [2.45, 2.75) is 50.6 Å². The van der Waals surface area contributed by atoms with E-state index in [1.165, 1.54) is 44.1 Å². The van der Waals surface area contributed by atoms with Crippen LogP contribution in [0.4, 0.5) is 4.79 Å². The second kappa shape index (κ2) is 19.1. The summed E-state index contributed by atoms with van der Waals surface area (Å²) in [6.07, 6.45) is 23.7. The molecule has 0 saturated heterocycles. The number of nitrogens with one attached hydrogen (secondary N) is 3. The van der Waals surface area contributed by atoms with Crippen LogP contribution in [0.25, 0.3) is 11.1 Å². The van der Waals surface area contributed by atoms with Gasteiger partial charge in [-0.2, -0.15) is 17.3 Å². The zero-order valence-corrected chi connectivity index (χ0v) is 33.6. The smallest absolute Gasteiger partial charge is 0.348 e. The van der Waals surface area contributed by atoms with Gasteiger partial charge in [-0.15, -0.1) is 12.4 Å². The number of aryl methyl sites for hydroxylation is 1. The first-order chi connectivity index (χ1) is 27.6. The molecule has 2 aliphatic heterocycles. The van der Waals surface area contributed by atoms with Gasteiger partial charge in [0.2, 0.25) is 0 Å². The van der Waals surface area contributed by atoms with Crippen molar-refractivity contribution < 1.29 is 27.4 Å². The van der Waals surface area contributed by atoms with Crippen LogP contribution in [0.1, 0.15) is 70.9 Å². The molecular weight excluding hydrogens is 784 g/mol. The maximum absolute atomic E-state index is 12.5. The standard InChI is InChI=1S/C17H19N5O3S.C14H17N3O.C8H9N4O.ClH/c23-17(19-14-4-5-14)16-3-1-2-15(20-16)13-6-9-21(10-7-13)26(24,25)22-11-8-18-12-22;18-14(16-11-4-5-11)13-3-1-2-12(17-13)10-6-8-15-9-7-10;1-10-4-5-12(7-10)8(13)11-3-2-9-6-11;/h1-3,6,8,11-12,14H,4-5,7,9-10H2,(H,19,23);1-3,6,11,15H,4-5,7-9H2,(H,16,18);2-7H,1H3;1H/q;;+1;. The van der Waals surface area contributed by atoms with Crippen molar-refractivity contribution in [3.8, 4) is 0 Å². The van der Waals surface area contributed by atoms with Crippen molar-refractivity contribution in [3.63, 3.8) is 0 Å². The summed E-state index contributed by atoms with van der Waals surface area (Å²) in [6.45, 7) is 2.48. The van der Waals surface area contributed by atoms with E-state index in [0.29, 0.717) is 36.1 Å². The fraction of sp³-hybridized carbons (Fsp3) is 0.333. The summed E-state index contributed by atoms with van der Waals surface area (Å²) in [4.78, 5) is 52.2. The quantitative estimate of drug-likeness (QED) is 0.196. The van der Waals surface area contributed by atoms with Crippen LogP contribution in [0.5, 0.6) is 0 Å². The zero-order chi connectivity index (χ0) is 39.8. The van der Waals surface area contributed by atoms with Crippen LogP contribution >= 0.6 is 12.4 Å². The predicted octanol–water partition coefficient (Wildman–Crippen LogP) is 2.85. The maximum atomic E-state index is 12.5. The van der Waals surface area contributed by atoms with Gasteiger partial charge in [-0.05, 0) is 80.5 Å². The minimum Gasteiger partial charge on any atom is -0.348 e. The Balaban J connectivity index is 0.000000155. The van der Waals surface area contributed by atoms with Gasteiger partial charge in [-0.25, -0.2) is 37.8 Å². The fourth-order valence-electron chi connectivity index (χ4n) is 5.99. The Morgan fingerprint density at radius 1 is 0.793 bits per heavy atom. The molecule has 58 heavy (non-hydrogen) atoms. The third kappa shape index (κ3) is 11.0. The molecule has 0 bridgehead atoms. The van der Waals surface area contributed by atoms with Gasteiger partial charge >= 0.3 is 16.2 Å². The molecule has 2 fully saturated rings. The van der Waals surface area contributed by atoms with Crippen LogP contribution in [0.15, 0.2) is 105 Å². The van der Waals surface area contributed by atoms with Gasteiger partial charge in [0.05, 0.1) is 18.4 Å². The Hall–Kier alpha value is -5.82. The van der Waals surface area contributed by atoms with Gasteiger partial charge in [-0.1, -0.05) is 24.3 Å². The van der Waals surface area contributed by atoms with Gasteiger partial charge in [0.15, 0.2) is 0 Å². The third-order valence-corrected chi connectivity index (χ3v) is 11.2. The summed E-state index contributed by atoms with van der Waals surface area (Å²) in [5.41, 5.74) is 4.74. The summed E-state index contributed by atoms with van der Waals surface area (Å²) in [6, 6.07) is 11.5. The second-order valence-corrected chi connectivity index (χ2v) is 15.8. The highest BCUT2D eigenvalue weighted by atomic mass is 35.5. The molecule has 17 nitrogen and oxygen atoms in total. The van der Waals surface area contributed by atoms with Crippen molar-refractivity contribution in [2.75, 3.05) is 26.2 Å². The number of pyridine rings is 2. The Morgan fingerprint density at radius 2 is 1.41 bits per heavy atom. The highest BCUT2D eigenvalue weighted by molar-refractivity contribution is 7.87. The van der Waals surface area contributed by atoms with E-state index >= 15 is 0 Å². The SMILES string of the molecule is C[n+]1ccn(C(=O)n2ccnc2)c1.Cl.O=C(NC1CC1)c1cccc(C2=CCN(S(=O)(=O)n3ccnc3)CC2)n1.O=C(NC1CC1)c1cccc(C2=CCNCC2)n1. The summed E-state index contributed by atoms with van der Waals surface area (Å²) < 4.78 is 32.2. The van der Waals surface area contributed by atoms with Crippen LogP contribution in [-0.4, -0.2) is 102 Å². The molecule has 19 heteroatoms. The third-order valence-electron chi connectivity index (χ3n) is 9.47. The number of carbonyl (C=O) groups excluding carboxylic acids is 3. The number of halogens is 1. The van der Waals surface area contributed by atoms with Crippen molar-refractivity contribution in [1.29, 1.82) is 0 Å². The van der Waals surface area contributed by atoms with E-state index in [4.69, 9.17) is 0 Å². The minimum absolute atomic E-state index is 0. The molecule has 0 unspecified atom stereocenters. The average molecular weight is 830 g/mol. The lowest BCUT2D eigenvalue weighted by molar-refractivity contribution is -0.670. The van der Waals surface area contributed by atoms with E-state index < -0.39 is 10.2 Å². The topological polar surface area (TPSA) is 195 Å². The molecule has 0 aromatic carbocycles. The van der Waals surface area contributed by atoms with E-state index in [-0.39, 0.29) is 42.8 Å². The average Bonchev–Trinajstić information content (AvgIpc) is 4.00. The van der Waals surface area contributed by atoms with Gasteiger partial charge in [0.1, 0.15) is 36.4 Å². The Bertz CT molecular complexity index is 2370. The predicted molar refractivity (Wildman–Crippen MR) is 217 cm³/mol. The first-order valence-electron chi connectivity index (χ1n) is 18.8. The number of imidazole rings is 3. The molecule has 304 valence electrons. The van der Waals surface area contributed by atoms with E-state index in [1.807, 2.05) is 31.3 Å². The Kier molecular flexibility index (Phi) is 13.8. The van der Waals surface area contributed by atoms with Gasteiger partial charge in [0.25, 0.3) is 18.1 Å². The number of hydrogen-bond acceptors (Lipinski definition) is 10. The number of aromatic nitrogens is 8. The van der Waals surface area contributed by atoms with Crippen LogP contribution in [0.2, 0.25) is 0 Å². The first kappa shape index (κ1) is 41.8. The van der Waals surface area contributed by atoms with E-state index in [1.54, 1.807) is 53.9 Å². The van der Waals surface area contributed by atoms with Crippen molar-refractivity contribution >= 4 is 51.6 Å². The number of amides is 2. The lowest BCUT2D eigenvalue weighted by Gasteiger charge is -2.25. The van der Waals surface area contributed by atoms with Crippen LogP contribution in [0, 0.1) is 0 Å².